The molecule has 0 saturated heterocycles. The summed E-state index contributed by atoms with van der Waals surface area (Å²) in [7, 11) is -3.38. The van der Waals surface area contributed by atoms with Gasteiger partial charge in [0.2, 0.25) is 10.0 Å². The van der Waals surface area contributed by atoms with Crippen LogP contribution in [-0.4, -0.2) is 32.9 Å². The first-order valence-corrected chi connectivity index (χ1v) is 11.3. The van der Waals surface area contributed by atoms with Crippen molar-refractivity contribution >= 4 is 33.4 Å². The minimum atomic E-state index is -3.38. The van der Waals surface area contributed by atoms with Crippen molar-refractivity contribution in [3.63, 3.8) is 0 Å². The fraction of sp³-hybridized carbons (Fsp3) is 0.316. The Bertz CT molecular complexity index is 880. The third-order valence-corrected chi connectivity index (χ3v) is 5.44. The molecule has 0 atom stereocenters. The van der Waals surface area contributed by atoms with Gasteiger partial charge in [-0.05, 0) is 42.7 Å². The molecule has 5 nitrogen and oxygen atoms in total. The van der Waals surface area contributed by atoms with Crippen LogP contribution in [0.5, 0.6) is 0 Å². The normalized spacial score (nSPS) is 11.2. The number of thioether (sulfide) groups is 1. The summed E-state index contributed by atoms with van der Waals surface area (Å²) < 4.78 is 25.2. The number of hydrogen-bond acceptors (Lipinski definition) is 4. The van der Waals surface area contributed by atoms with Crippen LogP contribution in [-0.2, 0) is 15.8 Å². The van der Waals surface area contributed by atoms with Crippen LogP contribution in [0, 0.1) is 13.8 Å². The number of rotatable bonds is 8. The predicted molar refractivity (Wildman–Crippen MR) is 109 cm³/mol. The van der Waals surface area contributed by atoms with Crippen LogP contribution in [0.25, 0.3) is 0 Å². The second-order valence-corrected chi connectivity index (χ2v) is 8.99. The number of nitrogens with one attached hydrogen (secondary N) is 2. The maximum atomic E-state index is 12.3. The zero-order valence-electron chi connectivity index (χ0n) is 15.2. The van der Waals surface area contributed by atoms with Gasteiger partial charge >= 0.3 is 0 Å². The molecule has 0 spiro atoms. The Morgan fingerprint density at radius 2 is 1.81 bits per heavy atom. The molecule has 140 valence electrons. The first-order valence-electron chi connectivity index (χ1n) is 8.25. The third kappa shape index (κ3) is 6.38. The quantitative estimate of drug-likeness (QED) is 0.676. The molecule has 2 aromatic carbocycles. The summed E-state index contributed by atoms with van der Waals surface area (Å²) in [6, 6.07) is 13.3. The second-order valence-electron chi connectivity index (χ2n) is 6.14. The van der Waals surface area contributed by atoms with Gasteiger partial charge in [-0.1, -0.05) is 30.3 Å². The standard InChI is InChI=1S/C19H24N2O3S2/c1-14-6-4-5-7-17(14)13-25-11-10-20-19(22)16-9-8-15(2)18(12-16)21-26(3,23)24/h4-9,12,21H,10-11,13H2,1-3H3,(H,20,22). The minimum Gasteiger partial charge on any atom is -0.351 e. The molecule has 0 bridgehead atoms. The lowest BCUT2D eigenvalue weighted by Crippen LogP contribution is -2.26. The topological polar surface area (TPSA) is 75.3 Å². The lowest BCUT2D eigenvalue weighted by molar-refractivity contribution is 0.0956. The molecule has 2 rings (SSSR count). The van der Waals surface area contributed by atoms with Crippen molar-refractivity contribution in [3.8, 4) is 0 Å². The molecule has 2 aromatic rings. The maximum absolute atomic E-state index is 12.3. The fourth-order valence-corrected chi connectivity index (χ4v) is 3.92. The van der Waals surface area contributed by atoms with Gasteiger partial charge in [0.05, 0.1) is 11.9 Å². The van der Waals surface area contributed by atoms with Gasteiger partial charge in [0, 0.05) is 23.6 Å². The van der Waals surface area contributed by atoms with Crippen LogP contribution in [0.15, 0.2) is 42.5 Å². The van der Waals surface area contributed by atoms with Gasteiger partial charge < -0.3 is 5.32 Å². The molecule has 0 aliphatic rings. The minimum absolute atomic E-state index is 0.210. The van der Waals surface area contributed by atoms with Gasteiger partial charge in [-0.2, -0.15) is 11.8 Å². The Hall–Kier alpha value is -1.99. The van der Waals surface area contributed by atoms with Gasteiger partial charge in [-0.15, -0.1) is 0 Å². The van der Waals surface area contributed by atoms with Crippen molar-refractivity contribution in [2.45, 2.75) is 19.6 Å². The third-order valence-electron chi connectivity index (χ3n) is 3.85. The molecule has 26 heavy (non-hydrogen) atoms. The van der Waals surface area contributed by atoms with E-state index in [1.54, 1.807) is 36.9 Å². The summed E-state index contributed by atoms with van der Waals surface area (Å²) in [6.45, 7) is 4.44. The van der Waals surface area contributed by atoms with Crippen molar-refractivity contribution < 1.29 is 13.2 Å². The van der Waals surface area contributed by atoms with E-state index in [0.717, 1.165) is 23.3 Å². The van der Waals surface area contributed by atoms with Crippen LogP contribution in [0.4, 0.5) is 5.69 Å². The summed E-state index contributed by atoms with van der Waals surface area (Å²) in [5.74, 6) is 1.51. The zero-order chi connectivity index (χ0) is 19.2. The van der Waals surface area contributed by atoms with Crippen molar-refractivity contribution in [1.29, 1.82) is 0 Å². The number of benzene rings is 2. The van der Waals surface area contributed by atoms with Crippen molar-refractivity contribution in [2.75, 3.05) is 23.3 Å². The largest absolute Gasteiger partial charge is 0.351 e. The Balaban J connectivity index is 1.84. The Morgan fingerprint density at radius 1 is 1.08 bits per heavy atom. The molecule has 0 heterocycles. The predicted octanol–water partition coefficient (Wildman–Crippen LogP) is 3.34. The van der Waals surface area contributed by atoms with Gasteiger partial charge in [0.15, 0.2) is 0 Å². The van der Waals surface area contributed by atoms with E-state index in [1.807, 2.05) is 12.1 Å². The average molecular weight is 393 g/mol. The molecular weight excluding hydrogens is 368 g/mol. The van der Waals surface area contributed by atoms with Crippen molar-refractivity contribution in [2.24, 2.45) is 0 Å². The molecule has 0 aliphatic heterocycles. The van der Waals surface area contributed by atoms with E-state index in [0.29, 0.717) is 17.8 Å². The van der Waals surface area contributed by atoms with Gasteiger partial charge in [-0.3, -0.25) is 9.52 Å². The van der Waals surface area contributed by atoms with E-state index in [4.69, 9.17) is 0 Å². The second kappa shape index (κ2) is 9.09. The molecule has 0 unspecified atom stereocenters. The monoisotopic (exact) mass is 392 g/mol. The van der Waals surface area contributed by atoms with Crippen LogP contribution in [0.2, 0.25) is 0 Å². The van der Waals surface area contributed by atoms with E-state index in [-0.39, 0.29) is 5.91 Å². The van der Waals surface area contributed by atoms with Gasteiger partial charge in [0.25, 0.3) is 5.91 Å². The summed E-state index contributed by atoms with van der Waals surface area (Å²) in [4.78, 5) is 12.3. The van der Waals surface area contributed by atoms with Crippen molar-refractivity contribution in [1.82, 2.24) is 5.32 Å². The molecule has 0 fully saturated rings. The molecule has 0 aromatic heterocycles. The lowest BCUT2D eigenvalue weighted by Gasteiger charge is -2.11. The van der Waals surface area contributed by atoms with Crippen molar-refractivity contribution in [3.05, 3.63) is 64.7 Å². The average Bonchev–Trinajstić information content (AvgIpc) is 2.56. The summed E-state index contributed by atoms with van der Waals surface area (Å²) >= 11 is 1.76. The Morgan fingerprint density at radius 3 is 2.50 bits per heavy atom. The highest BCUT2D eigenvalue weighted by Gasteiger charge is 2.10. The van der Waals surface area contributed by atoms with E-state index < -0.39 is 10.0 Å². The van der Waals surface area contributed by atoms with E-state index in [2.05, 4.69) is 29.1 Å². The molecule has 7 heteroatoms. The molecule has 0 aliphatic carbocycles. The first kappa shape index (κ1) is 20.3. The number of carbonyl (C=O) groups excluding carboxylic acids is 1. The fourth-order valence-electron chi connectivity index (χ4n) is 2.37. The number of amides is 1. The molecular formula is C19H24N2O3S2. The number of hydrogen-bond donors (Lipinski definition) is 2. The van der Waals surface area contributed by atoms with Crippen LogP contribution < -0.4 is 10.0 Å². The van der Waals surface area contributed by atoms with Crippen LogP contribution in [0.1, 0.15) is 27.0 Å². The van der Waals surface area contributed by atoms with E-state index >= 15 is 0 Å². The number of anilines is 1. The zero-order valence-corrected chi connectivity index (χ0v) is 16.8. The van der Waals surface area contributed by atoms with E-state index in [9.17, 15) is 13.2 Å². The SMILES string of the molecule is Cc1ccccc1CSCCNC(=O)c1ccc(C)c(NS(C)(=O)=O)c1. The Labute approximate surface area is 159 Å². The highest BCUT2D eigenvalue weighted by atomic mass is 32.2. The summed E-state index contributed by atoms with van der Waals surface area (Å²) in [6.07, 6.45) is 1.09. The van der Waals surface area contributed by atoms with Gasteiger partial charge in [0.1, 0.15) is 0 Å². The Kier molecular flexibility index (Phi) is 7.11. The number of sulfonamides is 1. The lowest BCUT2D eigenvalue weighted by atomic mass is 10.1. The number of carbonyl (C=O) groups is 1. The molecule has 0 saturated carbocycles. The molecule has 2 N–H and O–H groups in total. The maximum Gasteiger partial charge on any atom is 0.251 e. The van der Waals surface area contributed by atoms with E-state index in [1.165, 1.54) is 11.1 Å². The van der Waals surface area contributed by atoms with Crippen LogP contribution >= 0.6 is 11.8 Å². The van der Waals surface area contributed by atoms with Gasteiger partial charge in [-0.25, -0.2) is 8.42 Å². The highest BCUT2D eigenvalue weighted by molar-refractivity contribution is 7.98. The number of aryl methyl sites for hydroxylation is 2. The molecule has 0 radical (unpaired) electrons. The highest BCUT2D eigenvalue weighted by Crippen LogP contribution is 2.18. The smallest absolute Gasteiger partial charge is 0.251 e. The van der Waals surface area contributed by atoms with Crippen LogP contribution in [0.3, 0.4) is 0 Å². The summed E-state index contributed by atoms with van der Waals surface area (Å²) in [5, 5.41) is 2.87. The first-order chi connectivity index (χ1) is 12.3. The molecule has 1 amide bonds. The summed E-state index contributed by atoms with van der Waals surface area (Å²) in [5.41, 5.74) is 4.20.